The second kappa shape index (κ2) is 8.94. The van der Waals surface area contributed by atoms with Crippen LogP contribution in [0.2, 0.25) is 0 Å². The molecule has 2 amide bonds. The first kappa shape index (κ1) is 21.7. The van der Waals surface area contributed by atoms with Crippen LogP contribution < -0.4 is 10.6 Å². The molecule has 4 rings (SSSR count). The first-order valence-electron chi connectivity index (χ1n) is 10.7. The maximum Gasteiger partial charge on any atom is 0.323 e. The number of fused-ring (bicyclic) bond motifs is 1. The first-order valence-corrected chi connectivity index (χ1v) is 12.3. The van der Waals surface area contributed by atoms with Crippen molar-refractivity contribution in [3.63, 3.8) is 0 Å². The summed E-state index contributed by atoms with van der Waals surface area (Å²) in [7, 11) is -3.13. The van der Waals surface area contributed by atoms with Crippen LogP contribution in [0.3, 0.4) is 0 Å². The Morgan fingerprint density at radius 3 is 2.48 bits per heavy atom. The van der Waals surface area contributed by atoms with Crippen LogP contribution in [0.4, 0.5) is 16.2 Å². The molecule has 0 bridgehead atoms. The van der Waals surface area contributed by atoms with Gasteiger partial charge in [-0.2, -0.15) is 4.31 Å². The number of sulfonamides is 1. The second-order valence-electron chi connectivity index (χ2n) is 8.07. The van der Waals surface area contributed by atoms with Gasteiger partial charge in [-0.15, -0.1) is 0 Å². The van der Waals surface area contributed by atoms with E-state index >= 15 is 0 Å². The Bertz CT molecular complexity index is 1050. The minimum Gasteiger partial charge on any atom is -0.308 e. The zero-order chi connectivity index (χ0) is 22.0. The number of anilines is 2. The fraction of sp³-hybridized carbons (Fsp3) is 0.455. The summed E-state index contributed by atoms with van der Waals surface area (Å²) in [6.45, 7) is 6.10. The highest BCUT2D eigenvalue weighted by Gasteiger charge is 2.33. The lowest BCUT2D eigenvalue weighted by Crippen LogP contribution is -2.49. The predicted octanol–water partition coefficient (Wildman–Crippen LogP) is 2.99. The van der Waals surface area contributed by atoms with Crippen LogP contribution in [-0.4, -0.2) is 60.6 Å². The standard InChI is InChI=1S/C22H29N5O3S/c1-3-31(29,30)27-12-10-26(11-13-27)21-9-6-17-5-8-18(14-20(17)21)24-22(28)25-19-7-4-16(2)23-15-19/h4-5,7-8,14-15,21H,3,6,9-13H2,1-2H3,(H2,24,25,28). The lowest BCUT2D eigenvalue weighted by Gasteiger charge is -2.37. The summed E-state index contributed by atoms with van der Waals surface area (Å²) in [5.74, 6) is 0.148. The van der Waals surface area contributed by atoms with Crippen molar-refractivity contribution in [2.24, 2.45) is 0 Å². The van der Waals surface area contributed by atoms with E-state index in [1.54, 1.807) is 17.4 Å². The normalized spacial score (nSPS) is 19.7. The van der Waals surface area contributed by atoms with Crippen molar-refractivity contribution in [3.8, 4) is 0 Å². The van der Waals surface area contributed by atoms with E-state index in [2.05, 4.69) is 32.7 Å². The molecule has 1 aliphatic carbocycles. The number of urea groups is 1. The summed E-state index contributed by atoms with van der Waals surface area (Å²) in [5.41, 5.74) is 4.80. The number of amides is 2. The third kappa shape index (κ3) is 4.89. The Hall–Kier alpha value is -2.49. The van der Waals surface area contributed by atoms with Crippen LogP contribution >= 0.6 is 0 Å². The van der Waals surface area contributed by atoms with Crippen LogP contribution in [-0.2, 0) is 16.4 Å². The van der Waals surface area contributed by atoms with E-state index in [4.69, 9.17) is 0 Å². The Kier molecular flexibility index (Phi) is 6.27. The molecule has 2 heterocycles. The smallest absolute Gasteiger partial charge is 0.308 e. The molecule has 8 nitrogen and oxygen atoms in total. The molecular weight excluding hydrogens is 414 g/mol. The Morgan fingerprint density at radius 2 is 1.81 bits per heavy atom. The molecule has 2 N–H and O–H groups in total. The molecular formula is C22H29N5O3S. The number of carbonyl (C=O) groups excluding carboxylic acids is 1. The van der Waals surface area contributed by atoms with E-state index in [-0.39, 0.29) is 17.8 Å². The number of nitrogens with one attached hydrogen (secondary N) is 2. The van der Waals surface area contributed by atoms with Gasteiger partial charge in [-0.05, 0) is 62.1 Å². The molecule has 1 saturated heterocycles. The fourth-order valence-electron chi connectivity index (χ4n) is 4.35. The first-order chi connectivity index (χ1) is 14.9. The van der Waals surface area contributed by atoms with Crippen LogP contribution in [0.5, 0.6) is 0 Å². The van der Waals surface area contributed by atoms with Crippen molar-refractivity contribution in [1.82, 2.24) is 14.2 Å². The SMILES string of the molecule is CCS(=O)(=O)N1CCN(C2CCc3ccc(NC(=O)Nc4ccc(C)nc4)cc32)CC1. The second-order valence-corrected chi connectivity index (χ2v) is 10.3. The summed E-state index contributed by atoms with van der Waals surface area (Å²) in [4.78, 5) is 18.9. The van der Waals surface area contributed by atoms with Crippen molar-refractivity contribution >= 4 is 27.4 Å². The largest absolute Gasteiger partial charge is 0.323 e. The third-order valence-corrected chi connectivity index (χ3v) is 7.97. The van der Waals surface area contributed by atoms with Gasteiger partial charge in [0.15, 0.2) is 0 Å². The van der Waals surface area contributed by atoms with Gasteiger partial charge in [0.05, 0.1) is 17.6 Å². The minimum atomic E-state index is -3.13. The molecule has 1 aromatic carbocycles. The van der Waals surface area contributed by atoms with Gasteiger partial charge < -0.3 is 10.6 Å². The molecule has 2 aromatic rings. The van der Waals surface area contributed by atoms with E-state index in [9.17, 15) is 13.2 Å². The number of nitrogens with zero attached hydrogens (tertiary/aromatic N) is 3. The zero-order valence-electron chi connectivity index (χ0n) is 18.0. The molecule has 0 radical (unpaired) electrons. The Labute approximate surface area is 183 Å². The number of piperazine rings is 1. The number of carbonyl (C=O) groups is 1. The van der Waals surface area contributed by atoms with Gasteiger partial charge >= 0.3 is 6.03 Å². The van der Waals surface area contributed by atoms with Gasteiger partial charge in [-0.3, -0.25) is 9.88 Å². The summed E-state index contributed by atoms with van der Waals surface area (Å²) >= 11 is 0. The molecule has 1 atom stereocenters. The van der Waals surface area contributed by atoms with E-state index in [0.717, 1.165) is 37.3 Å². The maximum atomic E-state index is 12.4. The van der Waals surface area contributed by atoms with Gasteiger partial charge in [0.25, 0.3) is 0 Å². The lowest BCUT2D eigenvalue weighted by atomic mass is 10.1. The summed E-state index contributed by atoms with van der Waals surface area (Å²) in [6.07, 6.45) is 3.64. The molecule has 1 aliphatic heterocycles. The molecule has 1 fully saturated rings. The van der Waals surface area contributed by atoms with Gasteiger partial charge in [0.2, 0.25) is 10.0 Å². The fourth-order valence-corrected chi connectivity index (χ4v) is 5.43. The van der Waals surface area contributed by atoms with Crippen molar-refractivity contribution in [3.05, 3.63) is 53.3 Å². The number of pyridine rings is 1. The average Bonchev–Trinajstić information content (AvgIpc) is 3.18. The van der Waals surface area contributed by atoms with Crippen molar-refractivity contribution < 1.29 is 13.2 Å². The van der Waals surface area contributed by atoms with E-state index in [1.165, 1.54) is 11.1 Å². The van der Waals surface area contributed by atoms with E-state index in [0.29, 0.717) is 18.8 Å². The number of hydrogen-bond donors (Lipinski definition) is 2. The molecule has 9 heteroatoms. The zero-order valence-corrected chi connectivity index (χ0v) is 18.8. The van der Waals surface area contributed by atoms with Crippen LogP contribution in [0.1, 0.15) is 36.2 Å². The number of rotatable bonds is 5. The number of benzene rings is 1. The van der Waals surface area contributed by atoms with Crippen molar-refractivity contribution in [2.75, 3.05) is 42.6 Å². The topological polar surface area (TPSA) is 94.6 Å². The highest BCUT2D eigenvalue weighted by Crippen LogP contribution is 2.37. The molecule has 31 heavy (non-hydrogen) atoms. The van der Waals surface area contributed by atoms with Crippen molar-refractivity contribution in [1.29, 1.82) is 0 Å². The van der Waals surface area contributed by atoms with E-state index in [1.807, 2.05) is 25.1 Å². The van der Waals surface area contributed by atoms with E-state index < -0.39 is 10.0 Å². The van der Waals surface area contributed by atoms with Crippen LogP contribution in [0, 0.1) is 6.92 Å². The highest BCUT2D eigenvalue weighted by atomic mass is 32.2. The van der Waals surface area contributed by atoms with Gasteiger partial charge in [-0.1, -0.05) is 6.07 Å². The highest BCUT2D eigenvalue weighted by molar-refractivity contribution is 7.89. The van der Waals surface area contributed by atoms with Crippen molar-refractivity contribution in [2.45, 2.75) is 32.7 Å². The molecule has 166 valence electrons. The van der Waals surface area contributed by atoms with Crippen LogP contribution in [0.25, 0.3) is 0 Å². The minimum absolute atomic E-state index is 0.148. The maximum absolute atomic E-state index is 12.4. The Morgan fingerprint density at radius 1 is 1.10 bits per heavy atom. The molecule has 1 unspecified atom stereocenters. The quantitative estimate of drug-likeness (QED) is 0.741. The number of hydrogen-bond acceptors (Lipinski definition) is 5. The predicted molar refractivity (Wildman–Crippen MR) is 122 cm³/mol. The molecule has 2 aliphatic rings. The number of aromatic nitrogens is 1. The molecule has 1 aromatic heterocycles. The average molecular weight is 444 g/mol. The van der Waals surface area contributed by atoms with Gasteiger partial charge in [-0.25, -0.2) is 13.2 Å². The summed E-state index contributed by atoms with van der Waals surface area (Å²) in [6, 6.07) is 9.68. The summed E-state index contributed by atoms with van der Waals surface area (Å²) < 4.78 is 25.9. The van der Waals surface area contributed by atoms with Crippen LogP contribution in [0.15, 0.2) is 36.5 Å². The number of aryl methyl sites for hydroxylation is 2. The van der Waals surface area contributed by atoms with Gasteiger partial charge in [0, 0.05) is 43.6 Å². The third-order valence-electron chi connectivity index (χ3n) is 6.09. The van der Waals surface area contributed by atoms with Gasteiger partial charge in [0.1, 0.15) is 0 Å². The Balaban J connectivity index is 1.41. The molecule has 0 spiro atoms. The summed E-state index contributed by atoms with van der Waals surface area (Å²) in [5, 5.41) is 5.71. The lowest BCUT2D eigenvalue weighted by molar-refractivity contribution is 0.137. The molecule has 0 saturated carbocycles. The monoisotopic (exact) mass is 443 g/mol.